The van der Waals surface area contributed by atoms with Gasteiger partial charge in [0.25, 0.3) is 0 Å². The van der Waals surface area contributed by atoms with E-state index in [-0.39, 0.29) is 82.1 Å². The summed E-state index contributed by atoms with van der Waals surface area (Å²) < 4.78 is 5.68. The first-order valence-corrected chi connectivity index (χ1v) is 16.0. The first-order chi connectivity index (χ1) is 19.4. The van der Waals surface area contributed by atoms with E-state index in [9.17, 15) is 24.3 Å². The van der Waals surface area contributed by atoms with Crippen LogP contribution in [0.4, 0.5) is 0 Å². The first kappa shape index (κ1) is 26.1. The molecule has 2 aromatic rings. The number of likely N-dealkylation sites (tertiary alicyclic amines) is 2. The Morgan fingerprint density at radius 3 is 2.60 bits per heavy atom. The van der Waals surface area contributed by atoms with E-state index in [0.717, 1.165) is 54.2 Å². The third kappa shape index (κ3) is 3.94. The summed E-state index contributed by atoms with van der Waals surface area (Å²) in [5, 5.41) is 11.3. The Bertz CT molecular complexity index is 1430. The van der Waals surface area contributed by atoms with Gasteiger partial charge in [-0.25, -0.2) is 0 Å². The van der Waals surface area contributed by atoms with Gasteiger partial charge in [-0.05, 0) is 68.1 Å². The zero-order valence-corrected chi connectivity index (χ0v) is 24.0. The number of imide groups is 1. The van der Waals surface area contributed by atoms with E-state index in [0.29, 0.717) is 12.4 Å². The number of piperidine rings is 1. The van der Waals surface area contributed by atoms with Gasteiger partial charge in [0.2, 0.25) is 17.7 Å². The summed E-state index contributed by atoms with van der Waals surface area (Å²) in [5.41, 5.74) is 0.943. The molecule has 212 valence electrons. The summed E-state index contributed by atoms with van der Waals surface area (Å²) in [4.78, 5) is 59.8. The molecule has 2 N–H and O–H groups in total. The van der Waals surface area contributed by atoms with Crippen molar-refractivity contribution in [2.24, 2.45) is 29.6 Å². The zero-order valence-electron chi connectivity index (χ0n) is 22.3. The van der Waals surface area contributed by atoms with Crippen molar-refractivity contribution in [2.45, 2.75) is 55.2 Å². The Hall–Kier alpha value is -2.79. The average Bonchev–Trinajstić information content (AvgIpc) is 3.68. The molecule has 1 aromatic heterocycles. The van der Waals surface area contributed by atoms with Crippen molar-refractivity contribution < 1.29 is 24.2 Å². The Labute approximate surface area is 240 Å². The van der Waals surface area contributed by atoms with E-state index in [4.69, 9.17) is 4.74 Å². The van der Waals surface area contributed by atoms with E-state index in [1.54, 1.807) is 17.8 Å². The Balaban J connectivity index is 1.19. The van der Waals surface area contributed by atoms with Crippen molar-refractivity contribution in [3.8, 4) is 11.5 Å². The number of aromatic hydroxyl groups is 1. The second-order valence-corrected chi connectivity index (χ2v) is 13.8. The van der Waals surface area contributed by atoms with Crippen LogP contribution < -0.4 is 9.61 Å². The average molecular weight is 584 g/mol. The van der Waals surface area contributed by atoms with E-state index in [1.165, 1.54) is 16.2 Å². The highest BCUT2D eigenvalue weighted by molar-refractivity contribution is 8.00. The topological polar surface area (TPSA) is 120 Å². The number of fused-ring (bicyclic) bond motifs is 9. The van der Waals surface area contributed by atoms with Crippen LogP contribution in [0, 0.1) is 29.6 Å². The maximum Gasteiger partial charge on any atom is 0.305 e. The minimum atomic E-state index is -0.382. The summed E-state index contributed by atoms with van der Waals surface area (Å²) >= 11 is 2.85. The smallest absolute Gasteiger partial charge is 0.305 e. The van der Waals surface area contributed by atoms with Crippen LogP contribution in [0.3, 0.4) is 0 Å². The van der Waals surface area contributed by atoms with Crippen LogP contribution in [0.15, 0.2) is 28.0 Å². The molecular formula is C29H33N3O6S2. The van der Waals surface area contributed by atoms with Crippen LogP contribution in [0.5, 0.6) is 11.5 Å². The van der Waals surface area contributed by atoms with Crippen LogP contribution in [0.1, 0.15) is 55.4 Å². The van der Waals surface area contributed by atoms with Crippen molar-refractivity contribution >= 4 is 40.8 Å². The first-order valence-electron chi connectivity index (χ1n) is 14.4. The van der Waals surface area contributed by atoms with Crippen molar-refractivity contribution in [1.82, 2.24) is 14.8 Å². The molecule has 7 unspecified atom stereocenters. The van der Waals surface area contributed by atoms with Gasteiger partial charge in [-0.3, -0.25) is 24.1 Å². The zero-order chi connectivity index (χ0) is 27.7. The lowest BCUT2D eigenvalue weighted by molar-refractivity contribution is -0.141. The molecule has 0 radical (unpaired) electrons. The number of thioether (sulfide) groups is 1. The molecule has 7 rings (SSSR count). The number of aromatic amines is 1. The van der Waals surface area contributed by atoms with Gasteiger partial charge in [-0.15, -0.1) is 11.8 Å². The summed E-state index contributed by atoms with van der Waals surface area (Å²) in [6, 6.07) is 5.37. The number of carbonyl (C=O) groups excluding carboxylic acids is 3. The minimum absolute atomic E-state index is 0.00597. The normalized spacial score (nSPS) is 32.3. The molecule has 2 saturated heterocycles. The Morgan fingerprint density at radius 1 is 1.10 bits per heavy atom. The third-order valence-electron chi connectivity index (χ3n) is 9.72. The Kier molecular flexibility index (Phi) is 6.49. The summed E-state index contributed by atoms with van der Waals surface area (Å²) in [7, 11) is 0. The minimum Gasteiger partial charge on any atom is -0.504 e. The lowest BCUT2D eigenvalue weighted by atomic mass is 9.68. The summed E-state index contributed by atoms with van der Waals surface area (Å²) in [5.74, 6) is -0.545. The van der Waals surface area contributed by atoms with Crippen LogP contribution in [-0.2, 0) is 14.4 Å². The van der Waals surface area contributed by atoms with Crippen LogP contribution in [0.25, 0.3) is 0 Å². The molecule has 3 amide bonds. The van der Waals surface area contributed by atoms with Crippen molar-refractivity contribution in [1.29, 1.82) is 0 Å². The van der Waals surface area contributed by atoms with E-state index in [1.807, 2.05) is 24.0 Å². The fourth-order valence-electron chi connectivity index (χ4n) is 8.18. The third-order valence-corrected chi connectivity index (χ3v) is 12.3. The number of hydrogen-bond donors (Lipinski definition) is 2. The molecule has 9 nitrogen and oxygen atoms in total. The Morgan fingerprint density at radius 2 is 1.85 bits per heavy atom. The maximum atomic E-state index is 13.8. The van der Waals surface area contributed by atoms with Crippen LogP contribution in [0.2, 0.25) is 0 Å². The molecule has 0 spiro atoms. The lowest BCUT2D eigenvalue weighted by Gasteiger charge is -2.43. The molecule has 5 aliphatic rings. The molecule has 2 saturated carbocycles. The van der Waals surface area contributed by atoms with E-state index < -0.39 is 0 Å². The maximum absolute atomic E-state index is 13.8. The quantitative estimate of drug-likeness (QED) is 0.500. The lowest BCUT2D eigenvalue weighted by Crippen LogP contribution is -2.42. The molecule has 40 heavy (non-hydrogen) atoms. The number of H-pyrrole nitrogens is 1. The van der Waals surface area contributed by atoms with E-state index >= 15 is 0 Å². The number of thiazole rings is 1. The van der Waals surface area contributed by atoms with Crippen LogP contribution >= 0.6 is 23.1 Å². The van der Waals surface area contributed by atoms with Gasteiger partial charge in [-0.2, -0.15) is 0 Å². The van der Waals surface area contributed by atoms with Gasteiger partial charge in [-0.1, -0.05) is 17.4 Å². The number of hydrogen-bond acceptors (Lipinski definition) is 8. The van der Waals surface area contributed by atoms with Crippen molar-refractivity contribution in [3.63, 3.8) is 0 Å². The number of nitrogens with one attached hydrogen (secondary N) is 1. The number of benzene rings is 1. The number of phenolic OH excluding ortho intramolecular Hbond substituents is 1. The highest BCUT2D eigenvalue weighted by Crippen LogP contribution is 2.68. The predicted octanol–water partition coefficient (Wildman–Crippen LogP) is 3.42. The monoisotopic (exact) mass is 583 g/mol. The fraction of sp³-hybridized carbons (Fsp3) is 0.586. The number of nitrogens with zero attached hydrogens (tertiary/aromatic N) is 2. The molecule has 7 atom stereocenters. The molecule has 4 fully saturated rings. The standard InChI is InChI=1S/C29H33N3O6S2/c1-2-38-18-12-14(6-7-17(18)33)20-21-15-13-16(24(21)39-26-25(20)40-29(37)30-26)23-22(15)27(35)32(28(23)36)11-8-19(34)31-9-4-3-5-10-31/h6-7,12,15-16,20-24,33H,2-5,8-11,13H2,1H3,(H,30,37). The van der Waals surface area contributed by atoms with Crippen LogP contribution in [-0.4, -0.2) is 69.1 Å². The van der Waals surface area contributed by atoms with Gasteiger partial charge in [0, 0.05) is 42.1 Å². The van der Waals surface area contributed by atoms with Gasteiger partial charge >= 0.3 is 4.87 Å². The number of ether oxygens (including phenoxy) is 1. The molecule has 4 heterocycles. The SMILES string of the molecule is CCOc1cc(C2c3sc(=O)[nH]c3SC3C4CC(C5C(=O)N(CCC(=O)N6CCCCC6)C(=O)C45)C23)ccc1O. The second-order valence-electron chi connectivity index (χ2n) is 11.6. The van der Waals surface area contributed by atoms with Crippen molar-refractivity contribution in [2.75, 3.05) is 26.2 Å². The predicted molar refractivity (Wildman–Crippen MR) is 150 cm³/mol. The largest absolute Gasteiger partial charge is 0.504 e. The molecule has 3 aliphatic heterocycles. The summed E-state index contributed by atoms with van der Waals surface area (Å²) in [6.45, 7) is 3.94. The molecule has 2 bridgehead atoms. The number of amides is 3. The van der Waals surface area contributed by atoms with Gasteiger partial charge in [0.05, 0.1) is 23.5 Å². The second kappa shape index (κ2) is 9.94. The van der Waals surface area contributed by atoms with Gasteiger partial charge in [0.15, 0.2) is 11.5 Å². The number of carbonyl (C=O) groups is 3. The number of aromatic nitrogens is 1. The van der Waals surface area contributed by atoms with Crippen molar-refractivity contribution in [3.05, 3.63) is 38.3 Å². The van der Waals surface area contributed by atoms with Gasteiger partial charge in [0.1, 0.15) is 0 Å². The molecule has 1 aromatic carbocycles. The number of phenols is 1. The number of rotatable bonds is 6. The molecule has 11 heteroatoms. The highest BCUT2D eigenvalue weighted by Gasteiger charge is 2.69. The van der Waals surface area contributed by atoms with E-state index in [2.05, 4.69) is 4.98 Å². The van der Waals surface area contributed by atoms with Gasteiger partial charge < -0.3 is 19.7 Å². The molecule has 2 aliphatic carbocycles. The fourth-order valence-corrected chi connectivity index (χ4v) is 11.1. The highest BCUT2D eigenvalue weighted by atomic mass is 32.2. The molecular weight excluding hydrogens is 550 g/mol. The summed E-state index contributed by atoms with van der Waals surface area (Å²) in [6.07, 6.45) is 4.14.